The Balaban J connectivity index is 1.21. The lowest BCUT2D eigenvalue weighted by Crippen LogP contribution is -2.00. The Kier molecular flexibility index (Phi) is 7.28. The molecule has 3 heteroatoms. The predicted molar refractivity (Wildman–Crippen MR) is 215 cm³/mol. The molecule has 0 atom stereocenters. The number of pyridine rings is 1. The Bertz CT molecular complexity index is 2680. The zero-order valence-electron chi connectivity index (χ0n) is 28.5. The van der Waals surface area contributed by atoms with Gasteiger partial charge in [-0.15, -0.1) is 0 Å². The average Bonchev–Trinajstić information content (AvgIpc) is 3.49. The predicted octanol–water partition coefficient (Wildman–Crippen LogP) is 13.2. The largest absolute Gasteiger partial charge is 0.456 e. The monoisotopic (exact) mass is 666 g/mol. The Morgan fingerprint density at radius 2 is 1.15 bits per heavy atom. The zero-order valence-corrected chi connectivity index (χ0v) is 28.5. The molecule has 1 aliphatic carbocycles. The fourth-order valence-corrected chi connectivity index (χ4v) is 7.81. The summed E-state index contributed by atoms with van der Waals surface area (Å²) in [5.74, 6) is 1.70. The topological polar surface area (TPSA) is 27.1 Å². The summed E-state index contributed by atoms with van der Waals surface area (Å²) in [6.45, 7) is 0. The first-order valence-corrected chi connectivity index (χ1v) is 17.9. The van der Waals surface area contributed by atoms with Crippen LogP contribution in [0.15, 0.2) is 182 Å². The molecule has 0 spiro atoms. The number of ether oxygens (including phenoxy) is 1. The number of benzene rings is 6. The lowest BCUT2D eigenvalue weighted by Gasteiger charge is -2.16. The molecule has 246 valence electrons. The maximum atomic E-state index is 6.65. The van der Waals surface area contributed by atoms with Crippen molar-refractivity contribution in [1.82, 2.24) is 9.55 Å². The summed E-state index contributed by atoms with van der Waals surface area (Å²) in [6, 6.07) is 58.2. The van der Waals surface area contributed by atoms with E-state index in [-0.39, 0.29) is 0 Å². The van der Waals surface area contributed by atoms with Crippen molar-refractivity contribution in [2.24, 2.45) is 0 Å². The molecule has 8 aromatic rings. The normalized spacial score (nSPS) is 13.0. The molecule has 0 saturated heterocycles. The fourth-order valence-electron chi connectivity index (χ4n) is 7.81. The number of rotatable bonds is 5. The number of hydrogen-bond acceptors (Lipinski definition) is 2. The molecule has 0 bridgehead atoms. The molecular formula is C49H34N2O. The summed E-state index contributed by atoms with van der Waals surface area (Å²) in [7, 11) is 0. The van der Waals surface area contributed by atoms with E-state index in [0.29, 0.717) is 0 Å². The molecule has 1 aliphatic heterocycles. The maximum Gasteiger partial charge on any atom is 0.136 e. The number of nitrogens with zero attached hydrogens (tertiary/aromatic N) is 2. The van der Waals surface area contributed by atoms with E-state index < -0.39 is 0 Å². The SMILES string of the molecule is C1=CC(c2cc(-c3ccccc3)cc(-c3ccc(-n4c5c(c6cccc(-c7ccccc7)c64)-c4ccccc4Oc4ccccc4-5)cc3)n2)=CCC1. The van der Waals surface area contributed by atoms with Crippen LogP contribution in [-0.2, 0) is 0 Å². The molecule has 3 heterocycles. The Hall–Kier alpha value is -6.71. The molecule has 0 amide bonds. The van der Waals surface area contributed by atoms with E-state index in [9.17, 15) is 0 Å². The minimum Gasteiger partial charge on any atom is -0.456 e. The highest BCUT2D eigenvalue weighted by Crippen LogP contribution is 2.53. The molecule has 6 aromatic carbocycles. The first-order valence-electron chi connectivity index (χ1n) is 17.9. The molecule has 2 aromatic heterocycles. The Labute approximate surface area is 303 Å². The van der Waals surface area contributed by atoms with Gasteiger partial charge < -0.3 is 9.30 Å². The third-order valence-corrected chi connectivity index (χ3v) is 10.2. The molecule has 3 nitrogen and oxygen atoms in total. The standard InChI is InChI=1S/C49H34N2O/c1-4-15-33(16-5-1)37-31-43(35-19-8-3-9-20-35)50-44(32-37)36-27-29-38(30-28-36)51-48-39(34-17-6-2-7-18-34)23-14-24-42(48)47-40-21-10-12-25-45(40)52-46-26-13-11-22-41(46)49(47)51/h1-2,4-8,10-32H,3,9H2. The van der Waals surface area contributed by atoms with E-state index in [1.54, 1.807) is 0 Å². The van der Waals surface area contributed by atoms with Gasteiger partial charge in [0.05, 0.1) is 22.6 Å². The minimum absolute atomic E-state index is 0.844. The average molecular weight is 667 g/mol. The van der Waals surface area contributed by atoms with Crippen LogP contribution in [-0.4, -0.2) is 9.55 Å². The highest BCUT2D eigenvalue weighted by molar-refractivity contribution is 6.12. The molecule has 0 unspecified atom stereocenters. The van der Waals surface area contributed by atoms with Gasteiger partial charge in [-0.3, -0.25) is 0 Å². The first-order chi connectivity index (χ1) is 25.8. The second-order valence-electron chi connectivity index (χ2n) is 13.4. The van der Waals surface area contributed by atoms with Crippen molar-refractivity contribution in [1.29, 1.82) is 0 Å². The van der Waals surface area contributed by atoms with Crippen molar-refractivity contribution in [2.75, 3.05) is 0 Å². The van der Waals surface area contributed by atoms with E-state index in [4.69, 9.17) is 9.72 Å². The van der Waals surface area contributed by atoms with Crippen molar-refractivity contribution >= 4 is 16.5 Å². The lowest BCUT2D eigenvalue weighted by atomic mass is 9.96. The van der Waals surface area contributed by atoms with Crippen LogP contribution in [0, 0.1) is 0 Å². The van der Waals surface area contributed by atoms with Crippen LogP contribution < -0.4 is 4.74 Å². The summed E-state index contributed by atoms with van der Waals surface area (Å²) in [6.07, 6.45) is 8.86. The van der Waals surface area contributed by atoms with Gasteiger partial charge in [0.1, 0.15) is 11.5 Å². The van der Waals surface area contributed by atoms with E-state index >= 15 is 0 Å². The molecule has 2 aliphatic rings. The van der Waals surface area contributed by atoms with E-state index in [2.05, 4.69) is 174 Å². The van der Waals surface area contributed by atoms with Gasteiger partial charge in [-0.25, -0.2) is 4.98 Å². The molecule has 10 rings (SSSR count). The van der Waals surface area contributed by atoms with Crippen LogP contribution in [0.4, 0.5) is 0 Å². The van der Waals surface area contributed by atoms with Crippen molar-refractivity contribution in [3.8, 4) is 73.1 Å². The van der Waals surface area contributed by atoms with Crippen molar-refractivity contribution in [3.05, 3.63) is 188 Å². The highest BCUT2D eigenvalue weighted by atomic mass is 16.5. The van der Waals surface area contributed by atoms with Gasteiger partial charge in [-0.05, 0) is 77.6 Å². The molecular weight excluding hydrogens is 633 g/mol. The van der Waals surface area contributed by atoms with Crippen molar-refractivity contribution < 1.29 is 4.74 Å². The van der Waals surface area contributed by atoms with Crippen LogP contribution in [0.2, 0.25) is 0 Å². The summed E-state index contributed by atoms with van der Waals surface area (Å²) < 4.78 is 9.10. The summed E-state index contributed by atoms with van der Waals surface area (Å²) in [5, 5.41) is 1.18. The summed E-state index contributed by atoms with van der Waals surface area (Å²) in [4.78, 5) is 5.24. The van der Waals surface area contributed by atoms with Gasteiger partial charge in [-0.1, -0.05) is 140 Å². The first kappa shape index (κ1) is 30.1. The van der Waals surface area contributed by atoms with Crippen molar-refractivity contribution in [3.63, 3.8) is 0 Å². The number of allylic oxidation sites excluding steroid dienone is 4. The number of aromatic nitrogens is 2. The lowest BCUT2D eigenvalue weighted by molar-refractivity contribution is 0.487. The van der Waals surface area contributed by atoms with E-state index in [1.807, 2.05) is 12.1 Å². The van der Waals surface area contributed by atoms with Gasteiger partial charge in [-0.2, -0.15) is 0 Å². The van der Waals surface area contributed by atoms with Crippen LogP contribution in [0.5, 0.6) is 11.5 Å². The maximum absolute atomic E-state index is 6.65. The number of fused-ring (bicyclic) bond motifs is 7. The van der Waals surface area contributed by atoms with Gasteiger partial charge in [0, 0.05) is 38.9 Å². The van der Waals surface area contributed by atoms with E-state index in [0.717, 1.165) is 69.4 Å². The molecule has 0 N–H and O–H groups in total. The quantitative estimate of drug-likeness (QED) is 0.183. The Morgan fingerprint density at radius 1 is 0.500 bits per heavy atom. The van der Waals surface area contributed by atoms with Gasteiger partial charge in [0.25, 0.3) is 0 Å². The molecule has 52 heavy (non-hydrogen) atoms. The van der Waals surface area contributed by atoms with Crippen LogP contribution >= 0.6 is 0 Å². The second kappa shape index (κ2) is 12.6. The third kappa shape index (κ3) is 5.09. The second-order valence-corrected chi connectivity index (χ2v) is 13.4. The summed E-state index contributed by atoms with van der Waals surface area (Å²) >= 11 is 0. The van der Waals surface area contributed by atoms with E-state index in [1.165, 1.54) is 38.7 Å². The fraction of sp³-hybridized carbons (Fsp3) is 0.0408. The smallest absolute Gasteiger partial charge is 0.136 e. The Morgan fingerprint density at radius 3 is 1.90 bits per heavy atom. The molecule has 0 fully saturated rings. The van der Waals surface area contributed by atoms with Crippen LogP contribution in [0.3, 0.4) is 0 Å². The van der Waals surface area contributed by atoms with Crippen molar-refractivity contribution in [2.45, 2.75) is 12.8 Å². The highest BCUT2D eigenvalue weighted by Gasteiger charge is 2.29. The van der Waals surface area contributed by atoms with Crippen LogP contribution in [0.1, 0.15) is 18.5 Å². The minimum atomic E-state index is 0.844. The third-order valence-electron chi connectivity index (χ3n) is 10.2. The van der Waals surface area contributed by atoms with Gasteiger partial charge >= 0.3 is 0 Å². The number of para-hydroxylation sites is 3. The van der Waals surface area contributed by atoms with Crippen LogP contribution in [0.25, 0.3) is 78.1 Å². The summed E-state index contributed by atoms with van der Waals surface area (Å²) in [5.41, 5.74) is 15.6. The molecule has 0 saturated carbocycles. The molecule has 0 radical (unpaired) electrons. The van der Waals surface area contributed by atoms with Gasteiger partial charge in [0.2, 0.25) is 0 Å². The van der Waals surface area contributed by atoms with Gasteiger partial charge in [0.15, 0.2) is 0 Å². The zero-order chi connectivity index (χ0) is 34.4. The number of hydrogen-bond donors (Lipinski definition) is 0.